The minimum Gasteiger partial charge on any atom is -0.486 e. The zero-order valence-corrected chi connectivity index (χ0v) is 9.89. The minimum atomic E-state index is -0.887. The lowest BCUT2D eigenvalue weighted by atomic mass is 10.2. The number of aliphatic hydroxyl groups is 1. The Morgan fingerprint density at radius 3 is 2.83 bits per heavy atom. The molecule has 1 aliphatic rings. The molecule has 6 heteroatoms. The van der Waals surface area contributed by atoms with E-state index in [2.05, 4.69) is 5.32 Å². The summed E-state index contributed by atoms with van der Waals surface area (Å²) in [5.41, 5.74) is 6.27. The Hall–Kier alpha value is -1.79. The van der Waals surface area contributed by atoms with E-state index in [9.17, 15) is 4.79 Å². The molecule has 0 aliphatic carbocycles. The first-order chi connectivity index (χ1) is 8.70. The number of aliphatic hydroxyl groups excluding tert-OH is 1. The summed E-state index contributed by atoms with van der Waals surface area (Å²) in [5.74, 6) is 1.01. The third kappa shape index (κ3) is 2.91. The van der Waals surface area contributed by atoms with Crippen LogP contribution in [0.1, 0.15) is 5.56 Å². The third-order valence-corrected chi connectivity index (χ3v) is 2.61. The van der Waals surface area contributed by atoms with E-state index in [0.29, 0.717) is 31.3 Å². The maximum atomic E-state index is 11.4. The van der Waals surface area contributed by atoms with Crippen molar-refractivity contribution >= 4 is 5.91 Å². The highest BCUT2D eigenvalue weighted by molar-refractivity contribution is 5.81. The number of ether oxygens (including phenoxy) is 2. The quantitative estimate of drug-likeness (QED) is 0.665. The number of amides is 1. The van der Waals surface area contributed by atoms with Crippen molar-refractivity contribution in [2.75, 3.05) is 19.8 Å². The summed E-state index contributed by atoms with van der Waals surface area (Å²) in [6.45, 7) is 1.04. The van der Waals surface area contributed by atoms with Gasteiger partial charge in [0.1, 0.15) is 19.3 Å². The van der Waals surface area contributed by atoms with Gasteiger partial charge in [0.2, 0.25) is 5.91 Å². The van der Waals surface area contributed by atoms with Crippen molar-refractivity contribution in [3.8, 4) is 11.5 Å². The van der Waals surface area contributed by atoms with Crippen molar-refractivity contribution in [1.29, 1.82) is 0 Å². The van der Waals surface area contributed by atoms with Gasteiger partial charge >= 0.3 is 0 Å². The van der Waals surface area contributed by atoms with Crippen molar-refractivity contribution in [2.45, 2.75) is 12.6 Å². The van der Waals surface area contributed by atoms with Gasteiger partial charge in [-0.25, -0.2) is 0 Å². The first-order valence-electron chi connectivity index (χ1n) is 5.73. The number of benzene rings is 1. The second-order valence-corrected chi connectivity index (χ2v) is 3.98. The third-order valence-electron chi connectivity index (χ3n) is 2.61. The van der Waals surface area contributed by atoms with Gasteiger partial charge in [0.05, 0.1) is 6.61 Å². The number of hydrogen-bond acceptors (Lipinski definition) is 5. The Balaban J connectivity index is 1.96. The Kier molecular flexibility index (Phi) is 4.01. The van der Waals surface area contributed by atoms with Crippen LogP contribution >= 0.6 is 0 Å². The fourth-order valence-electron chi connectivity index (χ4n) is 1.60. The molecule has 6 nitrogen and oxygen atoms in total. The summed E-state index contributed by atoms with van der Waals surface area (Å²) < 4.78 is 10.8. The molecule has 1 amide bonds. The van der Waals surface area contributed by atoms with Gasteiger partial charge in [-0.1, -0.05) is 6.07 Å². The molecule has 0 aromatic heterocycles. The van der Waals surface area contributed by atoms with Gasteiger partial charge in [-0.15, -0.1) is 0 Å². The molecule has 0 radical (unpaired) electrons. The molecule has 1 aliphatic heterocycles. The molecule has 18 heavy (non-hydrogen) atoms. The van der Waals surface area contributed by atoms with Crippen LogP contribution in [0.2, 0.25) is 0 Å². The van der Waals surface area contributed by atoms with E-state index in [4.69, 9.17) is 20.3 Å². The van der Waals surface area contributed by atoms with E-state index >= 15 is 0 Å². The van der Waals surface area contributed by atoms with E-state index in [0.717, 1.165) is 5.56 Å². The first-order valence-corrected chi connectivity index (χ1v) is 5.73. The molecule has 0 saturated heterocycles. The molecule has 0 bridgehead atoms. The average Bonchev–Trinajstić information content (AvgIpc) is 2.43. The topological polar surface area (TPSA) is 93.8 Å². The van der Waals surface area contributed by atoms with Gasteiger partial charge in [0.15, 0.2) is 11.5 Å². The lowest BCUT2D eigenvalue weighted by Crippen LogP contribution is -2.42. The van der Waals surface area contributed by atoms with Crippen LogP contribution in [-0.4, -0.2) is 36.9 Å². The Labute approximate surface area is 105 Å². The van der Waals surface area contributed by atoms with Crippen molar-refractivity contribution in [3.63, 3.8) is 0 Å². The number of carbonyl (C=O) groups is 1. The molecule has 1 heterocycles. The standard InChI is InChI=1S/C12H16N2O4/c13-9(7-15)12(16)14-6-8-1-2-10-11(5-8)18-4-3-17-10/h1-2,5,9,15H,3-4,6-7,13H2,(H,14,16). The van der Waals surface area contributed by atoms with Crippen LogP contribution in [0.4, 0.5) is 0 Å². The maximum absolute atomic E-state index is 11.4. The zero-order valence-electron chi connectivity index (χ0n) is 9.89. The molecule has 0 saturated carbocycles. The van der Waals surface area contributed by atoms with Crippen LogP contribution in [0.5, 0.6) is 11.5 Å². The highest BCUT2D eigenvalue weighted by atomic mass is 16.6. The van der Waals surface area contributed by atoms with Gasteiger partial charge in [-0.2, -0.15) is 0 Å². The molecule has 0 spiro atoms. The van der Waals surface area contributed by atoms with Crippen molar-refractivity contribution in [1.82, 2.24) is 5.32 Å². The second kappa shape index (κ2) is 5.70. The molecule has 2 rings (SSSR count). The molecule has 1 aromatic carbocycles. The van der Waals surface area contributed by atoms with Gasteiger partial charge in [0.25, 0.3) is 0 Å². The van der Waals surface area contributed by atoms with E-state index < -0.39 is 6.04 Å². The highest BCUT2D eigenvalue weighted by Gasteiger charge is 2.14. The number of hydrogen-bond donors (Lipinski definition) is 3. The number of fused-ring (bicyclic) bond motifs is 1. The average molecular weight is 252 g/mol. The van der Waals surface area contributed by atoms with Gasteiger partial charge < -0.3 is 25.6 Å². The van der Waals surface area contributed by atoms with Crippen molar-refractivity contribution in [3.05, 3.63) is 23.8 Å². The molecular weight excluding hydrogens is 236 g/mol. The Morgan fingerprint density at radius 2 is 2.11 bits per heavy atom. The van der Waals surface area contributed by atoms with Gasteiger partial charge in [0, 0.05) is 6.54 Å². The van der Waals surface area contributed by atoms with Crippen molar-refractivity contribution in [2.24, 2.45) is 5.73 Å². The largest absolute Gasteiger partial charge is 0.486 e. The molecule has 1 atom stereocenters. The van der Waals surface area contributed by atoms with Crippen LogP contribution in [0.3, 0.4) is 0 Å². The summed E-state index contributed by atoms with van der Waals surface area (Å²) >= 11 is 0. The minimum absolute atomic E-state index is 0.336. The lowest BCUT2D eigenvalue weighted by Gasteiger charge is -2.19. The van der Waals surface area contributed by atoms with E-state index in [-0.39, 0.29) is 12.5 Å². The molecule has 1 aromatic rings. The fraction of sp³-hybridized carbons (Fsp3) is 0.417. The predicted molar refractivity (Wildman–Crippen MR) is 64.3 cm³/mol. The molecule has 98 valence electrons. The predicted octanol–water partition coefficient (Wildman–Crippen LogP) is -0.606. The number of rotatable bonds is 4. The van der Waals surface area contributed by atoms with E-state index in [1.807, 2.05) is 18.2 Å². The van der Waals surface area contributed by atoms with Crippen LogP contribution in [0.25, 0.3) is 0 Å². The molecule has 4 N–H and O–H groups in total. The van der Waals surface area contributed by atoms with Gasteiger partial charge in [-0.3, -0.25) is 4.79 Å². The summed E-state index contributed by atoms with van der Waals surface area (Å²) in [6.07, 6.45) is 0. The Morgan fingerprint density at radius 1 is 1.39 bits per heavy atom. The van der Waals surface area contributed by atoms with E-state index in [1.54, 1.807) is 0 Å². The summed E-state index contributed by atoms with van der Waals surface area (Å²) in [5, 5.41) is 11.4. The van der Waals surface area contributed by atoms with Crippen LogP contribution in [-0.2, 0) is 11.3 Å². The highest BCUT2D eigenvalue weighted by Crippen LogP contribution is 2.30. The molecule has 1 unspecified atom stereocenters. The first kappa shape index (κ1) is 12.7. The summed E-state index contributed by atoms with van der Waals surface area (Å²) in [4.78, 5) is 11.4. The van der Waals surface area contributed by atoms with Gasteiger partial charge in [-0.05, 0) is 17.7 Å². The SMILES string of the molecule is NC(CO)C(=O)NCc1ccc2c(c1)OCCO2. The van der Waals surface area contributed by atoms with Crippen molar-refractivity contribution < 1.29 is 19.4 Å². The maximum Gasteiger partial charge on any atom is 0.239 e. The van der Waals surface area contributed by atoms with Crippen LogP contribution in [0, 0.1) is 0 Å². The zero-order chi connectivity index (χ0) is 13.0. The fourth-order valence-corrected chi connectivity index (χ4v) is 1.60. The smallest absolute Gasteiger partial charge is 0.239 e. The number of carbonyl (C=O) groups excluding carboxylic acids is 1. The lowest BCUT2D eigenvalue weighted by molar-refractivity contribution is -0.123. The number of nitrogens with one attached hydrogen (secondary N) is 1. The van der Waals surface area contributed by atoms with Crippen LogP contribution < -0.4 is 20.5 Å². The number of nitrogens with two attached hydrogens (primary N) is 1. The normalized spacial score (nSPS) is 15.0. The monoisotopic (exact) mass is 252 g/mol. The Bertz CT molecular complexity index is 436. The van der Waals surface area contributed by atoms with Crippen LogP contribution in [0.15, 0.2) is 18.2 Å². The molecule has 0 fully saturated rings. The van der Waals surface area contributed by atoms with E-state index in [1.165, 1.54) is 0 Å². The summed E-state index contributed by atoms with van der Waals surface area (Å²) in [7, 11) is 0. The summed E-state index contributed by atoms with van der Waals surface area (Å²) in [6, 6.07) is 4.58. The second-order valence-electron chi connectivity index (χ2n) is 3.98. The molecular formula is C12H16N2O4.